The lowest BCUT2D eigenvalue weighted by molar-refractivity contribution is -0.134. The van der Waals surface area contributed by atoms with Crippen molar-refractivity contribution in [1.82, 2.24) is 0 Å². The van der Waals surface area contributed by atoms with Crippen LogP contribution >= 0.6 is 15.9 Å². The first-order chi connectivity index (χ1) is 7.56. The Hall–Kier alpha value is -0.970. The highest BCUT2D eigenvalue weighted by molar-refractivity contribution is 9.10. The molecule has 0 aromatic heterocycles. The molecule has 1 rings (SSSR count). The quantitative estimate of drug-likeness (QED) is 0.479. The molecule has 0 aliphatic carbocycles. The van der Waals surface area contributed by atoms with Gasteiger partial charge >= 0.3 is 5.97 Å². The maximum absolute atomic E-state index is 13.4. The summed E-state index contributed by atoms with van der Waals surface area (Å²) >= 11 is 2.73. The van der Waals surface area contributed by atoms with E-state index in [0.29, 0.717) is 6.42 Å². The van der Waals surface area contributed by atoms with Crippen LogP contribution in [0.2, 0.25) is 0 Å². The monoisotopic (exact) mass is 292 g/mol. The number of ether oxygens (including phenoxy) is 1. The number of hydrogen-bond acceptors (Lipinski definition) is 2. The van der Waals surface area contributed by atoms with E-state index < -0.39 is 17.6 Å². The topological polar surface area (TPSA) is 26.3 Å². The zero-order valence-electron chi connectivity index (χ0n) is 8.73. The largest absolute Gasteiger partial charge is 0.423 e. The van der Waals surface area contributed by atoms with Crippen LogP contribution in [0.5, 0.6) is 5.75 Å². The number of carbonyl (C=O) groups excluding carboxylic acids is 1. The van der Waals surface area contributed by atoms with E-state index in [1.807, 2.05) is 6.92 Å². The molecule has 0 spiro atoms. The van der Waals surface area contributed by atoms with Gasteiger partial charge in [-0.15, -0.1) is 0 Å². The number of halogens is 3. The molecular weight excluding hydrogens is 282 g/mol. The first kappa shape index (κ1) is 13.1. The van der Waals surface area contributed by atoms with Crippen LogP contribution in [-0.4, -0.2) is 5.97 Å². The Balaban J connectivity index is 2.74. The van der Waals surface area contributed by atoms with Crippen molar-refractivity contribution in [2.45, 2.75) is 26.2 Å². The van der Waals surface area contributed by atoms with E-state index in [9.17, 15) is 13.6 Å². The van der Waals surface area contributed by atoms with Crippen molar-refractivity contribution in [3.05, 3.63) is 28.2 Å². The fourth-order valence-corrected chi connectivity index (χ4v) is 1.41. The van der Waals surface area contributed by atoms with Crippen LogP contribution in [0, 0.1) is 11.6 Å². The third-order valence-corrected chi connectivity index (χ3v) is 2.68. The molecule has 0 unspecified atom stereocenters. The zero-order valence-corrected chi connectivity index (χ0v) is 10.3. The summed E-state index contributed by atoms with van der Waals surface area (Å²) in [4.78, 5) is 11.2. The van der Waals surface area contributed by atoms with Crippen LogP contribution in [0.4, 0.5) is 8.78 Å². The van der Waals surface area contributed by atoms with E-state index in [0.717, 1.165) is 18.6 Å². The van der Waals surface area contributed by atoms with E-state index in [4.69, 9.17) is 4.74 Å². The second-order valence-corrected chi connectivity index (χ2v) is 4.04. The number of hydrogen-bond donors (Lipinski definition) is 0. The molecule has 0 radical (unpaired) electrons. The molecule has 88 valence electrons. The molecule has 0 heterocycles. The molecule has 5 heteroatoms. The SMILES string of the molecule is CCCCC(=O)Oc1ccc(F)c(Br)c1F. The van der Waals surface area contributed by atoms with Gasteiger partial charge in [0.05, 0.1) is 4.47 Å². The fraction of sp³-hybridized carbons (Fsp3) is 0.364. The Morgan fingerprint density at radius 3 is 2.75 bits per heavy atom. The fourth-order valence-electron chi connectivity index (χ4n) is 1.08. The summed E-state index contributed by atoms with van der Waals surface area (Å²) in [6, 6.07) is 2.13. The normalized spacial score (nSPS) is 10.2. The molecule has 0 N–H and O–H groups in total. The minimum absolute atomic E-state index is 0.227. The molecule has 0 amide bonds. The second kappa shape index (κ2) is 5.94. The molecule has 1 aromatic rings. The molecule has 2 nitrogen and oxygen atoms in total. The highest BCUT2D eigenvalue weighted by atomic mass is 79.9. The average molecular weight is 293 g/mol. The molecule has 0 bridgehead atoms. The number of esters is 1. The van der Waals surface area contributed by atoms with Crippen molar-refractivity contribution in [3.63, 3.8) is 0 Å². The van der Waals surface area contributed by atoms with Crippen LogP contribution in [0.3, 0.4) is 0 Å². The zero-order chi connectivity index (χ0) is 12.1. The maximum Gasteiger partial charge on any atom is 0.311 e. The van der Waals surface area contributed by atoms with Crippen LogP contribution in [0.15, 0.2) is 16.6 Å². The van der Waals surface area contributed by atoms with Gasteiger partial charge in [0, 0.05) is 6.42 Å². The molecule has 0 atom stereocenters. The number of rotatable bonds is 4. The van der Waals surface area contributed by atoms with E-state index >= 15 is 0 Å². The van der Waals surface area contributed by atoms with Gasteiger partial charge in [0.1, 0.15) is 5.82 Å². The van der Waals surface area contributed by atoms with Crippen molar-refractivity contribution in [3.8, 4) is 5.75 Å². The average Bonchev–Trinajstić information content (AvgIpc) is 2.27. The van der Waals surface area contributed by atoms with Crippen molar-refractivity contribution in [1.29, 1.82) is 0 Å². The molecule has 0 saturated heterocycles. The van der Waals surface area contributed by atoms with Crippen LogP contribution in [0.25, 0.3) is 0 Å². The van der Waals surface area contributed by atoms with Crippen LogP contribution < -0.4 is 4.74 Å². The van der Waals surface area contributed by atoms with Crippen LogP contribution in [0.1, 0.15) is 26.2 Å². The lowest BCUT2D eigenvalue weighted by atomic mass is 10.2. The lowest BCUT2D eigenvalue weighted by Gasteiger charge is -2.06. The summed E-state index contributed by atoms with van der Waals surface area (Å²) in [5.74, 6) is -2.40. The Kier molecular flexibility index (Phi) is 4.86. The third kappa shape index (κ3) is 3.27. The molecule has 0 aliphatic rings. The summed E-state index contributed by atoms with van der Waals surface area (Å²) < 4.78 is 30.7. The standard InChI is InChI=1S/C11H11BrF2O2/c1-2-3-4-9(15)16-8-6-5-7(13)10(12)11(8)14/h5-6H,2-4H2,1H3. The van der Waals surface area contributed by atoms with Gasteiger partial charge in [-0.2, -0.15) is 0 Å². The van der Waals surface area contributed by atoms with Gasteiger partial charge in [0.2, 0.25) is 0 Å². The number of carbonyl (C=O) groups is 1. The summed E-state index contributed by atoms with van der Waals surface area (Å²) in [5, 5.41) is 0. The lowest BCUT2D eigenvalue weighted by Crippen LogP contribution is -2.09. The highest BCUT2D eigenvalue weighted by Crippen LogP contribution is 2.27. The molecule has 1 aromatic carbocycles. The first-order valence-electron chi connectivity index (χ1n) is 4.90. The van der Waals surface area contributed by atoms with Gasteiger partial charge in [-0.05, 0) is 34.5 Å². The Morgan fingerprint density at radius 2 is 2.12 bits per heavy atom. The smallest absolute Gasteiger partial charge is 0.311 e. The Bertz CT molecular complexity index is 394. The van der Waals surface area contributed by atoms with E-state index in [-0.39, 0.29) is 16.6 Å². The Labute approximate surface area is 101 Å². The van der Waals surface area contributed by atoms with Crippen molar-refractivity contribution in [2.24, 2.45) is 0 Å². The minimum atomic E-state index is -0.898. The van der Waals surface area contributed by atoms with E-state index in [1.165, 1.54) is 0 Å². The second-order valence-electron chi connectivity index (χ2n) is 3.25. The van der Waals surface area contributed by atoms with E-state index in [2.05, 4.69) is 15.9 Å². The van der Waals surface area contributed by atoms with Gasteiger partial charge < -0.3 is 4.74 Å². The summed E-state index contributed by atoms with van der Waals surface area (Å²) in [6.07, 6.45) is 1.76. The third-order valence-electron chi connectivity index (χ3n) is 1.96. The van der Waals surface area contributed by atoms with E-state index in [1.54, 1.807) is 0 Å². The molecule has 16 heavy (non-hydrogen) atoms. The van der Waals surface area contributed by atoms with Crippen molar-refractivity contribution >= 4 is 21.9 Å². The highest BCUT2D eigenvalue weighted by Gasteiger charge is 2.14. The molecule has 0 fully saturated rings. The number of unbranched alkanes of at least 4 members (excludes halogenated alkanes) is 1. The molecular formula is C11H11BrF2O2. The maximum atomic E-state index is 13.4. The van der Waals surface area contributed by atoms with Gasteiger partial charge in [-0.1, -0.05) is 13.3 Å². The minimum Gasteiger partial charge on any atom is -0.423 e. The van der Waals surface area contributed by atoms with Crippen molar-refractivity contribution < 1.29 is 18.3 Å². The predicted molar refractivity (Wildman–Crippen MR) is 59.2 cm³/mol. The molecule has 0 aliphatic heterocycles. The van der Waals surface area contributed by atoms with Gasteiger partial charge in [0.15, 0.2) is 11.6 Å². The van der Waals surface area contributed by atoms with Gasteiger partial charge in [-0.3, -0.25) is 4.79 Å². The summed E-state index contributed by atoms with van der Waals surface area (Å²) in [7, 11) is 0. The predicted octanol–water partition coefficient (Wildman–Crippen LogP) is 3.82. The Morgan fingerprint density at radius 1 is 1.44 bits per heavy atom. The summed E-state index contributed by atoms with van der Waals surface area (Å²) in [5.41, 5.74) is 0. The molecule has 0 saturated carbocycles. The van der Waals surface area contributed by atoms with Crippen molar-refractivity contribution in [2.75, 3.05) is 0 Å². The number of benzene rings is 1. The summed E-state index contributed by atoms with van der Waals surface area (Å²) in [6.45, 7) is 1.93. The van der Waals surface area contributed by atoms with Gasteiger partial charge in [-0.25, -0.2) is 8.78 Å². The van der Waals surface area contributed by atoms with Gasteiger partial charge in [0.25, 0.3) is 0 Å². The van der Waals surface area contributed by atoms with Crippen LogP contribution in [-0.2, 0) is 4.79 Å². The first-order valence-corrected chi connectivity index (χ1v) is 5.69.